The molecule has 208 valence electrons. The molecular weight excluding hydrogens is 492 g/mol. The molecule has 1 aromatic rings. The quantitative estimate of drug-likeness (QED) is 0.185. The topological polar surface area (TPSA) is 158 Å². The van der Waals surface area contributed by atoms with Crippen LogP contribution in [0.15, 0.2) is 22.8 Å². The van der Waals surface area contributed by atoms with E-state index >= 15 is 0 Å². The number of aliphatic hydroxyl groups is 2. The Morgan fingerprint density at radius 3 is 2.35 bits per heavy atom. The van der Waals surface area contributed by atoms with Crippen LogP contribution in [0.4, 0.5) is 5.88 Å². The van der Waals surface area contributed by atoms with Gasteiger partial charge in [0.2, 0.25) is 11.8 Å². The van der Waals surface area contributed by atoms with Gasteiger partial charge in [0.15, 0.2) is 12.2 Å². The van der Waals surface area contributed by atoms with Gasteiger partial charge in [-0.15, -0.1) is 0 Å². The van der Waals surface area contributed by atoms with Gasteiger partial charge in [-0.05, 0) is 6.07 Å². The molecule has 1 unspecified atom stereocenters. The Hall–Kier alpha value is -2.10. The number of nitrogens with zero attached hydrogens (tertiary/aromatic N) is 1. The minimum atomic E-state index is -1.21. The molecule has 0 spiro atoms. The van der Waals surface area contributed by atoms with Gasteiger partial charge < -0.3 is 48.4 Å². The second kappa shape index (κ2) is 13.1. The van der Waals surface area contributed by atoms with Crippen LogP contribution in [0.5, 0.6) is 0 Å². The standard InChI is InChI=1S/C24H36N2O11/c1-16-13-18(27)26(22(16)30)4-6-31-7-8-32-9-10-33-11-12-34-14-24-15-36-23(37-24)19(20(28)21(24)29)25-17-3-2-5-35-17/h2-3,5,16,19-21,23,25,28-29H,4,6-15H2,1H3/t16?,19-,20+,21+,23-,24-/m0/s1. The van der Waals surface area contributed by atoms with Crippen LogP contribution in [0.2, 0.25) is 0 Å². The number of hydrogen-bond acceptors (Lipinski definition) is 12. The molecule has 0 saturated carbocycles. The van der Waals surface area contributed by atoms with E-state index in [4.69, 9.17) is 32.8 Å². The number of aliphatic hydroxyl groups excluding tert-OH is 2. The monoisotopic (exact) mass is 528 g/mol. The van der Waals surface area contributed by atoms with Crippen LogP contribution in [0.25, 0.3) is 0 Å². The van der Waals surface area contributed by atoms with Crippen LogP contribution < -0.4 is 5.32 Å². The molecule has 4 rings (SSSR count). The summed E-state index contributed by atoms with van der Waals surface area (Å²) in [5, 5.41) is 24.3. The highest BCUT2D eigenvalue weighted by molar-refractivity contribution is 6.03. The van der Waals surface area contributed by atoms with Gasteiger partial charge in [-0.2, -0.15) is 0 Å². The van der Waals surface area contributed by atoms with Crippen molar-refractivity contribution in [3.63, 3.8) is 0 Å². The SMILES string of the molecule is CC1CC(=O)N(CCOCCOCCOCCOC[C@@]23CO[C@@H](O2)[C@@H](Nc2ccco2)[C@@H](O)[C@H]3O)C1=O. The number of rotatable bonds is 16. The van der Waals surface area contributed by atoms with Crippen molar-refractivity contribution in [1.29, 1.82) is 0 Å². The van der Waals surface area contributed by atoms with Gasteiger partial charge in [-0.3, -0.25) is 14.5 Å². The number of fused-ring (bicyclic) bond motifs is 2. The Labute approximate surface area is 214 Å². The minimum absolute atomic E-state index is 0.0416. The summed E-state index contributed by atoms with van der Waals surface area (Å²) in [6, 6.07) is 2.72. The third-order valence-corrected chi connectivity index (χ3v) is 6.59. The van der Waals surface area contributed by atoms with E-state index in [1.54, 1.807) is 19.1 Å². The van der Waals surface area contributed by atoms with Crippen molar-refractivity contribution >= 4 is 17.7 Å². The molecule has 0 aromatic carbocycles. The van der Waals surface area contributed by atoms with Crippen molar-refractivity contribution in [3.05, 3.63) is 18.4 Å². The fourth-order valence-corrected chi connectivity index (χ4v) is 4.51. The van der Waals surface area contributed by atoms with Crippen molar-refractivity contribution in [2.45, 2.75) is 43.5 Å². The molecule has 0 radical (unpaired) electrons. The molecule has 2 amide bonds. The van der Waals surface area contributed by atoms with E-state index in [1.165, 1.54) is 11.2 Å². The number of furan rings is 1. The van der Waals surface area contributed by atoms with Gasteiger partial charge in [0.1, 0.15) is 23.9 Å². The second-order valence-corrected chi connectivity index (χ2v) is 9.32. The summed E-state index contributed by atoms with van der Waals surface area (Å²) in [5.41, 5.74) is -1.15. The Bertz CT molecular complexity index is 869. The predicted octanol–water partition coefficient (Wildman–Crippen LogP) is -0.631. The highest BCUT2D eigenvalue weighted by Crippen LogP contribution is 2.38. The third kappa shape index (κ3) is 6.86. The Morgan fingerprint density at radius 2 is 1.73 bits per heavy atom. The van der Waals surface area contributed by atoms with E-state index in [1.807, 2.05) is 0 Å². The van der Waals surface area contributed by atoms with Gasteiger partial charge in [-0.25, -0.2) is 0 Å². The number of anilines is 1. The Kier molecular flexibility index (Phi) is 9.90. The minimum Gasteiger partial charge on any atom is -0.449 e. The first-order chi connectivity index (χ1) is 17.9. The Balaban J connectivity index is 0.999. The third-order valence-electron chi connectivity index (χ3n) is 6.59. The molecule has 6 atom stereocenters. The zero-order valence-electron chi connectivity index (χ0n) is 20.9. The number of likely N-dealkylation sites (tertiary alicyclic amines) is 1. The average Bonchev–Trinajstić information content (AvgIpc) is 3.60. The maximum absolute atomic E-state index is 11.8. The molecule has 3 N–H and O–H groups in total. The van der Waals surface area contributed by atoms with Crippen LogP contribution in [-0.4, -0.2) is 123 Å². The second-order valence-electron chi connectivity index (χ2n) is 9.32. The number of ether oxygens (including phenoxy) is 6. The van der Waals surface area contributed by atoms with Gasteiger partial charge in [0.25, 0.3) is 0 Å². The van der Waals surface area contributed by atoms with E-state index in [2.05, 4.69) is 5.32 Å². The summed E-state index contributed by atoms with van der Waals surface area (Å²) in [5.74, 6) is -0.0894. The zero-order valence-corrected chi connectivity index (χ0v) is 20.9. The van der Waals surface area contributed by atoms with Crippen molar-refractivity contribution in [3.8, 4) is 0 Å². The molecule has 37 heavy (non-hydrogen) atoms. The first-order valence-electron chi connectivity index (χ1n) is 12.5. The lowest BCUT2D eigenvalue weighted by Gasteiger charge is -2.42. The number of carbonyl (C=O) groups excluding carboxylic acids is 2. The zero-order chi connectivity index (χ0) is 26.3. The fourth-order valence-electron chi connectivity index (χ4n) is 4.51. The summed E-state index contributed by atoms with van der Waals surface area (Å²) < 4.78 is 38.8. The van der Waals surface area contributed by atoms with Crippen LogP contribution >= 0.6 is 0 Å². The largest absolute Gasteiger partial charge is 0.449 e. The summed E-state index contributed by atoms with van der Waals surface area (Å²) in [6.07, 6.45) is -1.33. The van der Waals surface area contributed by atoms with E-state index in [-0.39, 0.29) is 57.1 Å². The lowest BCUT2D eigenvalue weighted by Crippen LogP contribution is -2.64. The molecule has 2 bridgehead atoms. The summed E-state index contributed by atoms with van der Waals surface area (Å²) in [4.78, 5) is 24.8. The lowest BCUT2D eigenvalue weighted by molar-refractivity contribution is -0.230. The van der Waals surface area contributed by atoms with Crippen molar-refractivity contribution in [1.82, 2.24) is 4.90 Å². The smallest absolute Gasteiger partial charge is 0.232 e. The number of nitrogens with one attached hydrogen (secondary N) is 1. The van der Waals surface area contributed by atoms with E-state index in [9.17, 15) is 19.8 Å². The maximum Gasteiger partial charge on any atom is 0.232 e. The molecule has 1 aromatic heterocycles. The van der Waals surface area contributed by atoms with Gasteiger partial charge >= 0.3 is 0 Å². The fraction of sp³-hybridized carbons (Fsp3) is 0.750. The van der Waals surface area contributed by atoms with Gasteiger partial charge in [0.05, 0.1) is 72.3 Å². The number of hydrogen-bond donors (Lipinski definition) is 3. The van der Waals surface area contributed by atoms with Crippen LogP contribution in [-0.2, 0) is 38.0 Å². The molecule has 13 nitrogen and oxygen atoms in total. The number of carbonyl (C=O) groups is 2. The lowest BCUT2D eigenvalue weighted by atomic mass is 9.88. The number of amides is 2. The van der Waals surface area contributed by atoms with Crippen LogP contribution in [0, 0.1) is 5.92 Å². The van der Waals surface area contributed by atoms with Crippen LogP contribution in [0.3, 0.4) is 0 Å². The maximum atomic E-state index is 11.8. The molecule has 0 aliphatic carbocycles. The van der Waals surface area contributed by atoms with E-state index < -0.39 is 30.1 Å². The molecule has 3 aliphatic heterocycles. The highest BCUT2D eigenvalue weighted by atomic mass is 16.8. The molecule has 13 heteroatoms. The first-order valence-corrected chi connectivity index (χ1v) is 12.5. The van der Waals surface area contributed by atoms with E-state index in [0.717, 1.165) is 0 Å². The normalized spacial score (nSPS) is 31.4. The molecular formula is C24H36N2O11. The van der Waals surface area contributed by atoms with E-state index in [0.29, 0.717) is 38.9 Å². The summed E-state index contributed by atoms with van der Waals surface area (Å²) in [6.45, 7) is 4.48. The molecule has 3 aliphatic rings. The first kappa shape index (κ1) is 27.9. The predicted molar refractivity (Wildman–Crippen MR) is 125 cm³/mol. The number of imide groups is 1. The molecule has 3 saturated heterocycles. The molecule has 4 heterocycles. The Morgan fingerprint density at radius 1 is 1.05 bits per heavy atom. The summed E-state index contributed by atoms with van der Waals surface area (Å²) >= 11 is 0. The molecule has 3 fully saturated rings. The van der Waals surface area contributed by atoms with Crippen molar-refractivity contribution < 1.29 is 52.6 Å². The summed E-state index contributed by atoms with van der Waals surface area (Å²) in [7, 11) is 0. The van der Waals surface area contributed by atoms with Crippen molar-refractivity contribution in [2.75, 3.05) is 71.3 Å². The van der Waals surface area contributed by atoms with Gasteiger partial charge in [0, 0.05) is 18.4 Å². The van der Waals surface area contributed by atoms with Crippen molar-refractivity contribution in [2.24, 2.45) is 5.92 Å². The van der Waals surface area contributed by atoms with Gasteiger partial charge in [-0.1, -0.05) is 6.92 Å². The average molecular weight is 529 g/mol. The highest BCUT2D eigenvalue weighted by Gasteiger charge is 2.59. The van der Waals surface area contributed by atoms with Crippen LogP contribution in [0.1, 0.15) is 13.3 Å².